The molecule has 0 aliphatic rings. The van der Waals surface area contributed by atoms with Crippen LogP contribution in [-0.2, 0) is 37.5 Å². The van der Waals surface area contributed by atoms with Gasteiger partial charge in [0.15, 0.2) is 6.10 Å². The average molecular weight is 832 g/mol. The zero-order chi connectivity index (χ0) is 42.8. The largest absolute Gasteiger partial charge is 0.480 e. The van der Waals surface area contributed by atoms with Crippen LogP contribution < -0.4 is 5.73 Å². The van der Waals surface area contributed by atoms with Crippen LogP contribution in [0, 0.1) is 0 Å². The molecule has 0 aromatic heterocycles. The molecule has 0 aliphatic heterocycles. The van der Waals surface area contributed by atoms with Crippen molar-refractivity contribution in [3.63, 3.8) is 0 Å². The van der Waals surface area contributed by atoms with E-state index in [1.54, 1.807) is 0 Å². The predicted octanol–water partition coefficient (Wildman–Crippen LogP) is 11.3. The van der Waals surface area contributed by atoms with Gasteiger partial charge < -0.3 is 25.2 Å². The summed E-state index contributed by atoms with van der Waals surface area (Å²) in [7, 11) is -4.74. The van der Waals surface area contributed by atoms with E-state index >= 15 is 0 Å². The number of carbonyl (C=O) groups is 3. The number of unbranched alkanes of at least 4 members (excludes halogenated alkanes) is 8. The number of allylic oxidation sites excluding steroid dienone is 16. The summed E-state index contributed by atoms with van der Waals surface area (Å²) in [4.78, 5) is 45.9. The highest BCUT2D eigenvalue weighted by molar-refractivity contribution is 7.47. The van der Waals surface area contributed by atoms with Crippen LogP contribution in [0.1, 0.15) is 142 Å². The second kappa shape index (κ2) is 40.2. The number of aliphatic carboxylic acids is 1. The van der Waals surface area contributed by atoms with E-state index in [0.29, 0.717) is 19.3 Å². The van der Waals surface area contributed by atoms with Crippen molar-refractivity contribution in [3.05, 3.63) is 97.2 Å². The van der Waals surface area contributed by atoms with Gasteiger partial charge in [-0.25, -0.2) is 4.57 Å². The molecular formula is C46H74NO10P. The van der Waals surface area contributed by atoms with Gasteiger partial charge in [-0.2, -0.15) is 0 Å². The maximum absolute atomic E-state index is 12.6. The molecule has 0 spiro atoms. The number of carbonyl (C=O) groups excluding carboxylic acids is 2. The third kappa shape index (κ3) is 39.2. The number of phosphoric ester groups is 1. The van der Waals surface area contributed by atoms with Crippen LogP contribution in [0.15, 0.2) is 97.2 Å². The van der Waals surface area contributed by atoms with Crippen LogP contribution in [0.2, 0.25) is 0 Å². The van der Waals surface area contributed by atoms with Crippen LogP contribution in [0.3, 0.4) is 0 Å². The predicted molar refractivity (Wildman–Crippen MR) is 235 cm³/mol. The Morgan fingerprint density at radius 2 is 0.983 bits per heavy atom. The Hall–Kier alpha value is -3.60. The summed E-state index contributed by atoms with van der Waals surface area (Å²) >= 11 is 0. The fourth-order valence-corrected chi connectivity index (χ4v) is 5.77. The van der Waals surface area contributed by atoms with Crippen LogP contribution in [0.4, 0.5) is 0 Å². The molecule has 1 unspecified atom stereocenters. The lowest BCUT2D eigenvalue weighted by atomic mass is 10.1. The quantitative estimate of drug-likeness (QED) is 0.0234. The van der Waals surface area contributed by atoms with Crippen LogP contribution in [-0.4, -0.2) is 59.9 Å². The molecule has 0 aromatic carbocycles. The second-order valence-corrected chi connectivity index (χ2v) is 15.2. The fraction of sp³-hybridized carbons (Fsp3) is 0.587. The molecule has 3 atom stereocenters. The number of phosphoric acid groups is 1. The number of ether oxygens (including phenoxy) is 2. The molecule has 0 radical (unpaired) electrons. The van der Waals surface area contributed by atoms with Gasteiger partial charge in [0.2, 0.25) is 0 Å². The molecule has 0 rings (SSSR count). The second-order valence-electron chi connectivity index (χ2n) is 13.7. The Morgan fingerprint density at radius 1 is 0.552 bits per heavy atom. The van der Waals surface area contributed by atoms with Crippen molar-refractivity contribution < 1.29 is 47.5 Å². The molecule has 328 valence electrons. The molecule has 0 saturated heterocycles. The van der Waals surface area contributed by atoms with E-state index in [0.717, 1.165) is 77.0 Å². The van der Waals surface area contributed by atoms with Gasteiger partial charge in [-0.3, -0.25) is 23.4 Å². The SMILES string of the molecule is CC/C=C\C/C=C\C/C=C\C/C=C\C/C=C\CCCC(=O)O[C@H](COC(=O)CCCCCC/C=C\C/C=C\C/C=C\CCCCC)COP(=O)(O)OC[C@H](N)C(=O)O. The molecule has 0 aromatic rings. The van der Waals surface area contributed by atoms with Crippen molar-refractivity contribution in [3.8, 4) is 0 Å². The summed E-state index contributed by atoms with van der Waals surface area (Å²) in [5.74, 6) is -2.50. The average Bonchev–Trinajstić information content (AvgIpc) is 3.20. The lowest BCUT2D eigenvalue weighted by molar-refractivity contribution is -0.161. The molecule has 11 nitrogen and oxygen atoms in total. The molecule has 0 aliphatic carbocycles. The van der Waals surface area contributed by atoms with Gasteiger partial charge in [0, 0.05) is 12.8 Å². The summed E-state index contributed by atoms with van der Waals surface area (Å²) in [5.41, 5.74) is 5.32. The topological polar surface area (TPSA) is 172 Å². The van der Waals surface area contributed by atoms with Gasteiger partial charge in [-0.15, -0.1) is 0 Å². The first-order valence-electron chi connectivity index (χ1n) is 21.3. The van der Waals surface area contributed by atoms with Crippen molar-refractivity contribution >= 4 is 25.7 Å². The van der Waals surface area contributed by atoms with Crippen LogP contribution in [0.25, 0.3) is 0 Å². The number of nitrogens with two attached hydrogens (primary N) is 1. The maximum Gasteiger partial charge on any atom is 0.472 e. The molecule has 0 fully saturated rings. The summed E-state index contributed by atoms with van der Waals surface area (Å²) in [6.45, 7) is 2.55. The molecule has 0 amide bonds. The zero-order valence-electron chi connectivity index (χ0n) is 35.3. The van der Waals surface area contributed by atoms with Gasteiger partial charge in [-0.1, -0.05) is 137 Å². The summed E-state index contributed by atoms with van der Waals surface area (Å²) in [6.07, 6.45) is 50.5. The number of carboxylic acids is 1. The molecule has 0 saturated carbocycles. The number of carboxylic acid groups (broad SMARTS) is 1. The van der Waals surface area contributed by atoms with Crippen molar-refractivity contribution in [2.45, 2.75) is 154 Å². The Labute approximate surface area is 349 Å². The molecule has 4 N–H and O–H groups in total. The summed E-state index contributed by atoms with van der Waals surface area (Å²) in [6, 6.07) is -1.54. The van der Waals surface area contributed by atoms with Crippen molar-refractivity contribution in [2.24, 2.45) is 5.73 Å². The van der Waals surface area contributed by atoms with E-state index in [9.17, 15) is 23.8 Å². The molecule has 12 heteroatoms. The van der Waals surface area contributed by atoms with Crippen molar-refractivity contribution in [1.29, 1.82) is 0 Å². The van der Waals surface area contributed by atoms with E-state index in [-0.39, 0.29) is 19.4 Å². The minimum atomic E-state index is -4.74. The van der Waals surface area contributed by atoms with Crippen molar-refractivity contribution in [2.75, 3.05) is 19.8 Å². The Morgan fingerprint density at radius 3 is 1.48 bits per heavy atom. The monoisotopic (exact) mass is 832 g/mol. The van der Waals surface area contributed by atoms with Gasteiger partial charge in [0.1, 0.15) is 12.6 Å². The highest BCUT2D eigenvalue weighted by atomic mass is 31.2. The first-order chi connectivity index (χ1) is 28.1. The molecule has 58 heavy (non-hydrogen) atoms. The third-order valence-corrected chi connectivity index (χ3v) is 9.27. The normalized spacial score (nSPS) is 14.7. The number of rotatable bonds is 38. The van der Waals surface area contributed by atoms with Crippen LogP contribution >= 0.6 is 7.82 Å². The number of esters is 2. The van der Waals surface area contributed by atoms with Gasteiger partial charge >= 0.3 is 25.7 Å². The lowest BCUT2D eigenvalue weighted by Gasteiger charge is -2.20. The van der Waals surface area contributed by atoms with E-state index in [4.69, 9.17) is 24.8 Å². The van der Waals surface area contributed by atoms with E-state index in [1.165, 1.54) is 19.3 Å². The number of hydrogen-bond donors (Lipinski definition) is 3. The van der Waals surface area contributed by atoms with Gasteiger partial charge in [0.05, 0.1) is 13.2 Å². The summed E-state index contributed by atoms with van der Waals surface area (Å²) < 4.78 is 32.6. The Balaban J connectivity index is 4.54. The zero-order valence-corrected chi connectivity index (χ0v) is 36.2. The minimum Gasteiger partial charge on any atom is -0.480 e. The lowest BCUT2D eigenvalue weighted by Crippen LogP contribution is -2.34. The molecule has 0 heterocycles. The Bertz CT molecular complexity index is 1350. The van der Waals surface area contributed by atoms with Crippen LogP contribution in [0.5, 0.6) is 0 Å². The van der Waals surface area contributed by atoms with Gasteiger partial charge in [0.25, 0.3) is 0 Å². The van der Waals surface area contributed by atoms with E-state index in [2.05, 4.69) is 103 Å². The highest BCUT2D eigenvalue weighted by Gasteiger charge is 2.28. The minimum absolute atomic E-state index is 0.0717. The Kier molecular flexibility index (Phi) is 37.7. The number of hydrogen-bond acceptors (Lipinski definition) is 9. The van der Waals surface area contributed by atoms with Crippen molar-refractivity contribution in [1.82, 2.24) is 0 Å². The standard InChI is InChI=1S/C46H74NO10P/c1-3-5-7-9-11-13-15-17-19-21-23-25-27-29-31-33-35-37-44(48)54-39-42(40-55-58(52,53)56-41-43(47)46(50)51)57-45(49)38-36-34-32-30-28-26-24-22-20-18-16-14-12-10-8-6-4-2/h6,8,11-14,17-20,23-26,30,32,42-43H,3-5,7,9-10,15-16,21-22,27-29,31,33-41,47H2,1-2H3,(H,50,51)(H,52,53)/b8-6-,13-11-,14-12-,19-17-,20-18-,25-23-,26-24-,32-30-/t42-,43+/m1/s1. The third-order valence-electron chi connectivity index (χ3n) is 8.32. The van der Waals surface area contributed by atoms with Gasteiger partial charge in [-0.05, 0) is 89.9 Å². The fourth-order valence-electron chi connectivity index (χ4n) is 4.99. The first kappa shape index (κ1) is 54.4. The highest BCUT2D eigenvalue weighted by Crippen LogP contribution is 2.43. The first-order valence-corrected chi connectivity index (χ1v) is 22.8. The smallest absolute Gasteiger partial charge is 0.472 e. The molecular weight excluding hydrogens is 757 g/mol. The van der Waals surface area contributed by atoms with E-state index < -0.39 is 51.1 Å². The molecule has 0 bridgehead atoms. The van der Waals surface area contributed by atoms with E-state index in [1.807, 2.05) is 12.2 Å². The maximum atomic E-state index is 12.6. The summed E-state index contributed by atoms with van der Waals surface area (Å²) in [5, 5.41) is 8.88.